The molecule has 2 heterocycles. The molecule has 0 aromatic carbocycles. The molecule has 0 amide bonds. The van der Waals surface area contributed by atoms with Crippen molar-refractivity contribution in [3.63, 3.8) is 0 Å². The Balaban J connectivity index is 2.18. The van der Waals surface area contributed by atoms with E-state index >= 15 is 0 Å². The molecule has 114 valence electrons. The first kappa shape index (κ1) is 15.3. The fourth-order valence-electron chi connectivity index (χ4n) is 1.98. The molecule has 0 aliphatic carbocycles. The first-order valence-corrected chi connectivity index (χ1v) is 7.62. The predicted octanol–water partition coefficient (Wildman–Crippen LogP) is 0.886. The van der Waals surface area contributed by atoms with Crippen LogP contribution in [0.15, 0.2) is 21.2 Å². The average Bonchev–Trinajstić information content (AvgIpc) is 2.91. The summed E-state index contributed by atoms with van der Waals surface area (Å²) in [5, 5.41) is 5.88. The van der Waals surface area contributed by atoms with Gasteiger partial charge >= 0.3 is 5.69 Å². The van der Waals surface area contributed by atoms with Gasteiger partial charge in [-0.05, 0) is 5.92 Å². The van der Waals surface area contributed by atoms with E-state index in [1.165, 1.54) is 4.57 Å². The van der Waals surface area contributed by atoms with Crippen LogP contribution in [0.25, 0.3) is 0 Å². The molecule has 0 saturated heterocycles. The zero-order valence-electron chi connectivity index (χ0n) is 12.0. The lowest BCUT2D eigenvalue weighted by Gasteiger charge is -2.15. The summed E-state index contributed by atoms with van der Waals surface area (Å²) in [5.41, 5.74) is 5.24. The molecule has 0 fully saturated rings. The van der Waals surface area contributed by atoms with Gasteiger partial charge < -0.3 is 11.1 Å². The fraction of sp³-hybridized carbons (Fsp3) is 0.462. The summed E-state index contributed by atoms with van der Waals surface area (Å²) < 4.78 is 1.39. The largest absolute Gasteiger partial charge is 0.383 e. The third kappa shape index (κ3) is 3.72. The van der Waals surface area contributed by atoms with Crippen molar-refractivity contribution in [2.75, 3.05) is 17.6 Å². The van der Waals surface area contributed by atoms with Gasteiger partial charge in [-0.15, -0.1) is 11.3 Å². The molecule has 0 aliphatic heterocycles. The number of aromatic nitrogens is 3. The van der Waals surface area contributed by atoms with Crippen LogP contribution in [0.1, 0.15) is 18.9 Å². The highest BCUT2D eigenvalue weighted by Crippen LogP contribution is 2.12. The highest BCUT2D eigenvalue weighted by atomic mass is 32.1. The molecule has 0 radical (unpaired) electrons. The van der Waals surface area contributed by atoms with E-state index in [0.29, 0.717) is 19.5 Å². The van der Waals surface area contributed by atoms with Crippen molar-refractivity contribution in [1.82, 2.24) is 14.5 Å². The Labute approximate surface area is 125 Å². The molecule has 2 rings (SSSR count). The summed E-state index contributed by atoms with van der Waals surface area (Å²) >= 11 is 1.56. The van der Waals surface area contributed by atoms with Gasteiger partial charge in [0.1, 0.15) is 11.5 Å². The third-order valence-corrected chi connectivity index (χ3v) is 3.75. The first-order chi connectivity index (χ1) is 9.99. The van der Waals surface area contributed by atoms with Crippen molar-refractivity contribution in [1.29, 1.82) is 0 Å². The van der Waals surface area contributed by atoms with E-state index < -0.39 is 11.2 Å². The number of nitrogens with two attached hydrogens (primary N) is 1. The maximum Gasteiger partial charge on any atom is 0.330 e. The zero-order valence-corrected chi connectivity index (χ0v) is 12.9. The van der Waals surface area contributed by atoms with Crippen LogP contribution in [-0.4, -0.2) is 21.1 Å². The summed E-state index contributed by atoms with van der Waals surface area (Å²) in [7, 11) is 0. The van der Waals surface area contributed by atoms with Crippen molar-refractivity contribution in [2.24, 2.45) is 5.92 Å². The van der Waals surface area contributed by atoms with E-state index in [4.69, 9.17) is 5.73 Å². The highest BCUT2D eigenvalue weighted by molar-refractivity contribution is 7.09. The van der Waals surface area contributed by atoms with E-state index in [1.54, 1.807) is 17.5 Å². The topological polar surface area (TPSA) is 106 Å². The van der Waals surface area contributed by atoms with Crippen LogP contribution in [-0.2, 0) is 13.0 Å². The number of nitrogens with one attached hydrogen (secondary N) is 2. The van der Waals surface area contributed by atoms with Crippen LogP contribution in [0, 0.1) is 5.92 Å². The minimum absolute atomic E-state index is 0.177. The van der Waals surface area contributed by atoms with Gasteiger partial charge in [-0.25, -0.2) is 9.78 Å². The van der Waals surface area contributed by atoms with Gasteiger partial charge in [0.25, 0.3) is 5.56 Å². The Bertz CT molecular complexity index is 702. The molecule has 0 aliphatic rings. The quantitative estimate of drug-likeness (QED) is 0.734. The Morgan fingerprint density at radius 2 is 2.24 bits per heavy atom. The summed E-state index contributed by atoms with van der Waals surface area (Å²) in [4.78, 5) is 30.1. The normalized spacial score (nSPS) is 11.0. The van der Waals surface area contributed by atoms with E-state index in [-0.39, 0.29) is 17.4 Å². The number of thiazole rings is 1. The van der Waals surface area contributed by atoms with Crippen molar-refractivity contribution in [3.8, 4) is 0 Å². The summed E-state index contributed by atoms with van der Waals surface area (Å²) in [6.45, 7) is 4.95. The van der Waals surface area contributed by atoms with Gasteiger partial charge in [-0.2, -0.15) is 0 Å². The number of anilines is 2. The maximum atomic E-state index is 11.9. The summed E-state index contributed by atoms with van der Waals surface area (Å²) in [6.07, 6.45) is 2.43. The van der Waals surface area contributed by atoms with Gasteiger partial charge in [0.2, 0.25) is 0 Å². The molecule has 0 spiro atoms. The number of hydrogen-bond donors (Lipinski definition) is 3. The predicted molar refractivity (Wildman–Crippen MR) is 84.9 cm³/mol. The first-order valence-electron chi connectivity index (χ1n) is 6.74. The monoisotopic (exact) mass is 309 g/mol. The van der Waals surface area contributed by atoms with E-state index in [1.807, 2.05) is 19.2 Å². The van der Waals surface area contributed by atoms with Crippen molar-refractivity contribution in [3.05, 3.63) is 37.4 Å². The maximum absolute atomic E-state index is 11.9. The fourth-order valence-corrected chi connectivity index (χ4v) is 2.60. The van der Waals surface area contributed by atoms with E-state index in [0.717, 1.165) is 5.01 Å². The second-order valence-electron chi connectivity index (χ2n) is 5.13. The number of aromatic amines is 1. The number of rotatable bonds is 6. The molecule has 2 aromatic rings. The molecule has 8 heteroatoms. The SMILES string of the molecule is CC(C)Cn1c(N)c(NCCc2nccs2)c(=O)[nH]c1=O. The van der Waals surface area contributed by atoms with Gasteiger partial charge in [0.05, 0.1) is 5.01 Å². The molecular weight excluding hydrogens is 290 g/mol. The second-order valence-corrected chi connectivity index (χ2v) is 6.11. The van der Waals surface area contributed by atoms with Gasteiger partial charge in [-0.3, -0.25) is 14.3 Å². The molecule has 7 nitrogen and oxygen atoms in total. The number of hydrogen-bond acceptors (Lipinski definition) is 6. The molecule has 0 bridgehead atoms. The standard InChI is InChI=1S/C13H19N5O2S/c1-8(2)7-18-11(14)10(12(19)17-13(18)20)16-4-3-9-15-5-6-21-9/h5-6,8,16H,3-4,7,14H2,1-2H3,(H,17,19,20). The Kier molecular flexibility index (Phi) is 4.79. The van der Waals surface area contributed by atoms with Crippen molar-refractivity contribution in [2.45, 2.75) is 26.8 Å². The Morgan fingerprint density at radius 1 is 1.48 bits per heavy atom. The molecule has 2 aromatic heterocycles. The highest BCUT2D eigenvalue weighted by Gasteiger charge is 2.12. The van der Waals surface area contributed by atoms with Crippen LogP contribution in [0.3, 0.4) is 0 Å². The number of nitrogen functional groups attached to an aromatic ring is 1. The lowest BCUT2D eigenvalue weighted by Crippen LogP contribution is -2.35. The van der Waals surface area contributed by atoms with E-state index in [2.05, 4.69) is 15.3 Å². The van der Waals surface area contributed by atoms with Gasteiger partial charge in [-0.1, -0.05) is 13.8 Å². The van der Waals surface area contributed by atoms with E-state index in [9.17, 15) is 9.59 Å². The Morgan fingerprint density at radius 3 is 2.86 bits per heavy atom. The lowest BCUT2D eigenvalue weighted by atomic mass is 10.2. The van der Waals surface area contributed by atoms with Crippen molar-refractivity contribution >= 4 is 22.8 Å². The molecular formula is C13H19N5O2S. The van der Waals surface area contributed by atoms with Crippen molar-refractivity contribution < 1.29 is 0 Å². The summed E-state index contributed by atoms with van der Waals surface area (Å²) in [6, 6.07) is 0. The smallest absolute Gasteiger partial charge is 0.330 e. The third-order valence-electron chi connectivity index (χ3n) is 2.91. The van der Waals surface area contributed by atoms with Crippen LogP contribution in [0.5, 0.6) is 0 Å². The number of nitrogens with zero attached hydrogens (tertiary/aromatic N) is 2. The molecule has 0 atom stereocenters. The number of H-pyrrole nitrogens is 1. The molecule has 4 N–H and O–H groups in total. The zero-order chi connectivity index (χ0) is 15.4. The minimum atomic E-state index is -0.489. The van der Waals surface area contributed by atoms with Gasteiger partial charge in [0, 0.05) is 31.1 Å². The van der Waals surface area contributed by atoms with Crippen LogP contribution >= 0.6 is 11.3 Å². The van der Waals surface area contributed by atoms with Crippen LogP contribution in [0.2, 0.25) is 0 Å². The Hall–Kier alpha value is -2.09. The van der Waals surface area contributed by atoms with Crippen LogP contribution in [0.4, 0.5) is 11.5 Å². The molecule has 0 saturated carbocycles. The molecule has 21 heavy (non-hydrogen) atoms. The second kappa shape index (κ2) is 6.57. The van der Waals surface area contributed by atoms with Gasteiger partial charge in [0.15, 0.2) is 0 Å². The summed E-state index contributed by atoms with van der Waals surface area (Å²) in [5.74, 6) is 0.427. The molecule has 0 unspecified atom stereocenters. The lowest BCUT2D eigenvalue weighted by molar-refractivity contribution is 0.508. The minimum Gasteiger partial charge on any atom is -0.383 e. The van der Waals surface area contributed by atoms with Crippen LogP contribution < -0.4 is 22.3 Å². The average molecular weight is 309 g/mol.